The van der Waals surface area contributed by atoms with Crippen LogP contribution in [0.2, 0.25) is 0 Å². The van der Waals surface area contributed by atoms with E-state index in [4.69, 9.17) is 10.3 Å². The molecule has 0 aliphatic heterocycles. The van der Waals surface area contributed by atoms with Crippen molar-refractivity contribution in [2.75, 3.05) is 0 Å². The Morgan fingerprint density at radius 3 is 3.00 bits per heavy atom. The van der Waals surface area contributed by atoms with Gasteiger partial charge in [0.15, 0.2) is 0 Å². The van der Waals surface area contributed by atoms with E-state index in [1.165, 1.54) is 6.07 Å². The lowest BCUT2D eigenvalue weighted by molar-refractivity contribution is 0.356. The van der Waals surface area contributed by atoms with Crippen molar-refractivity contribution in [3.8, 4) is 11.4 Å². The highest BCUT2D eigenvalue weighted by molar-refractivity contribution is 5.55. The third-order valence-corrected chi connectivity index (χ3v) is 2.60. The van der Waals surface area contributed by atoms with Crippen LogP contribution in [-0.4, -0.2) is 10.1 Å². The summed E-state index contributed by atoms with van der Waals surface area (Å²) in [6.45, 7) is 5.28. The zero-order valence-corrected chi connectivity index (χ0v) is 10.1. The first-order valence-electron chi connectivity index (χ1n) is 5.58. The lowest BCUT2D eigenvalue weighted by atomic mass is 10.1. The molecule has 1 heterocycles. The van der Waals surface area contributed by atoms with E-state index in [0.717, 1.165) is 0 Å². The maximum absolute atomic E-state index is 13.2. The second kappa shape index (κ2) is 5.10. The highest BCUT2D eigenvalue weighted by Gasteiger charge is 2.14. The number of halogens is 1. The van der Waals surface area contributed by atoms with Crippen molar-refractivity contribution in [1.29, 1.82) is 0 Å². The van der Waals surface area contributed by atoms with E-state index >= 15 is 0 Å². The van der Waals surface area contributed by atoms with Crippen LogP contribution < -0.4 is 5.73 Å². The molecule has 0 saturated heterocycles. The minimum Gasteiger partial charge on any atom is -0.337 e. The summed E-state index contributed by atoms with van der Waals surface area (Å²) < 4.78 is 18.2. The fraction of sp³-hybridized carbons (Fsp3) is 0.231. The summed E-state index contributed by atoms with van der Waals surface area (Å²) in [5.74, 6) is 0.505. The van der Waals surface area contributed by atoms with Gasteiger partial charge in [0, 0.05) is 5.56 Å². The topological polar surface area (TPSA) is 64.9 Å². The van der Waals surface area contributed by atoms with Crippen molar-refractivity contribution in [1.82, 2.24) is 10.1 Å². The number of hydrogen-bond donors (Lipinski definition) is 1. The van der Waals surface area contributed by atoms with Crippen molar-refractivity contribution in [3.63, 3.8) is 0 Å². The molecule has 0 spiro atoms. The summed E-state index contributed by atoms with van der Waals surface area (Å²) in [6.07, 6.45) is 2.25. The molecule has 2 N–H and O–H groups in total. The second-order valence-electron chi connectivity index (χ2n) is 4.05. The number of benzene rings is 1. The Morgan fingerprint density at radius 1 is 1.56 bits per heavy atom. The second-order valence-corrected chi connectivity index (χ2v) is 4.05. The van der Waals surface area contributed by atoms with Crippen LogP contribution in [0.3, 0.4) is 0 Å². The molecule has 5 heteroatoms. The minimum atomic E-state index is -0.356. The number of hydrogen-bond acceptors (Lipinski definition) is 4. The van der Waals surface area contributed by atoms with Gasteiger partial charge in [-0.1, -0.05) is 11.2 Å². The highest BCUT2D eigenvalue weighted by Crippen LogP contribution is 2.21. The summed E-state index contributed by atoms with van der Waals surface area (Å²) >= 11 is 0. The summed E-state index contributed by atoms with van der Waals surface area (Å²) in [6, 6.07) is 4.30. The SMILES string of the molecule is C=CCC(N)c1nc(-c2ccc(F)c(C)c2)no1. The Bertz CT molecular complexity index is 565. The first kappa shape index (κ1) is 12.4. The molecule has 2 aromatic rings. The van der Waals surface area contributed by atoms with Crippen LogP contribution in [0.4, 0.5) is 4.39 Å². The van der Waals surface area contributed by atoms with E-state index in [-0.39, 0.29) is 11.9 Å². The molecule has 0 bridgehead atoms. The smallest absolute Gasteiger partial charge is 0.244 e. The van der Waals surface area contributed by atoms with Gasteiger partial charge in [0.1, 0.15) is 5.82 Å². The third kappa shape index (κ3) is 2.46. The molecule has 0 aliphatic carbocycles. The van der Waals surface area contributed by atoms with Gasteiger partial charge in [0.25, 0.3) is 0 Å². The van der Waals surface area contributed by atoms with Gasteiger partial charge in [-0.2, -0.15) is 4.98 Å². The molecule has 1 atom stereocenters. The highest BCUT2D eigenvalue weighted by atomic mass is 19.1. The van der Waals surface area contributed by atoms with Crippen LogP contribution in [0, 0.1) is 12.7 Å². The quantitative estimate of drug-likeness (QED) is 0.844. The van der Waals surface area contributed by atoms with Gasteiger partial charge in [-0.25, -0.2) is 4.39 Å². The van der Waals surface area contributed by atoms with Crippen LogP contribution in [0.25, 0.3) is 11.4 Å². The molecule has 0 amide bonds. The lowest BCUT2D eigenvalue weighted by Gasteiger charge is -2.00. The van der Waals surface area contributed by atoms with Crippen molar-refractivity contribution in [2.24, 2.45) is 5.73 Å². The Morgan fingerprint density at radius 2 is 2.33 bits per heavy atom. The van der Waals surface area contributed by atoms with Gasteiger partial charge in [0.2, 0.25) is 11.7 Å². The van der Waals surface area contributed by atoms with E-state index in [1.54, 1.807) is 25.1 Å². The molecule has 4 nitrogen and oxygen atoms in total. The third-order valence-electron chi connectivity index (χ3n) is 2.60. The number of rotatable bonds is 4. The van der Waals surface area contributed by atoms with Crippen LogP contribution in [0.1, 0.15) is 23.9 Å². The predicted molar refractivity (Wildman–Crippen MR) is 66.2 cm³/mol. The van der Waals surface area contributed by atoms with Crippen LogP contribution in [-0.2, 0) is 0 Å². The number of nitrogens with zero attached hydrogens (tertiary/aromatic N) is 2. The Labute approximate surface area is 104 Å². The average molecular weight is 247 g/mol. The van der Waals surface area contributed by atoms with Crippen LogP contribution in [0.5, 0.6) is 0 Å². The average Bonchev–Trinajstić information content (AvgIpc) is 2.82. The van der Waals surface area contributed by atoms with Gasteiger partial charge in [0.05, 0.1) is 6.04 Å². The van der Waals surface area contributed by atoms with E-state index in [2.05, 4.69) is 16.7 Å². The molecular weight excluding hydrogens is 233 g/mol. The van der Waals surface area contributed by atoms with Crippen LogP contribution >= 0.6 is 0 Å². The van der Waals surface area contributed by atoms with Crippen molar-refractivity contribution < 1.29 is 8.91 Å². The molecule has 2 rings (SSSR count). The van der Waals surface area contributed by atoms with Crippen molar-refractivity contribution >= 4 is 0 Å². The molecule has 1 aromatic carbocycles. The van der Waals surface area contributed by atoms with E-state index in [1.807, 2.05) is 0 Å². The van der Waals surface area contributed by atoms with Crippen molar-refractivity contribution in [2.45, 2.75) is 19.4 Å². The Hall–Kier alpha value is -2.01. The largest absolute Gasteiger partial charge is 0.337 e. The Balaban J connectivity index is 2.28. The molecule has 1 aromatic heterocycles. The molecule has 0 radical (unpaired) electrons. The van der Waals surface area contributed by atoms with Gasteiger partial charge in [-0.3, -0.25) is 0 Å². The molecule has 94 valence electrons. The van der Waals surface area contributed by atoms with Crippen LogP contribution in [0.15, 0.2) is 35.4 Å². The monoisotopic (exact) mass is 247 g/mol. The fourth-order valence-corrected chi connectivity index (χ4v) is 1.57. The summed E-state index contributed by atoms with van der Waals surface area (Å²) in [4.78, 5) is 4.20. The number of nitrogens with two attached hydrogens (primary N) is 1. The molecule has 1 unspecified atom stereocenters. The van der Waals surface area contributed by atoms with E-state index in [9.17, 15) is 4.39 Å². The van der Waals surface area contributed by atoms with Gasteiger partial charge < -0.3 is 10.3 Å². The fourth-order valence-electron chi connectivity index (χ4n) is 1.57. The normalized spacial score (nSPS) is 12.4. The van der Waals surface area contributed by atoms with Crippen molar-refractivity contribution in [3.05, 3.63) is 48.1 Å². The zero-order valence-electron chi connectivity index (χ0n) is 10.1. The summed E-state index contributed by atoms with van der Waals surface area (Å²) in [5.41, 5.74) is 7.06. The maximum atomic E-state index is 13.2. The number of aromatic nitrogens is 2. The molecule has 0 aliphatic rings. The molecule has 18 heavy (non-hydrogen) atoms. The standard InChI is InChI=1S/C13H14FN3O/c1-3-4-11(15)13-16-12(17-18-13)9-5-6-10(14)8(2)7-9/h3,5-7,11H,1,4,15H2,2H3. The van der Waals surface area contributed by atoms with Gasteiger partial charge in [-0.05, 0) is 37.1 Å². The Kier molecular flexibility index (Phi) is 3.53. The lowest BCUT2D eigenvalue weighted by Crippen LogP contribution is -2.09. The minimum absolute atomic E-state index is 0.258. The molecular formula is C13H14FN3O. The first-order chi connectivity index (χ1) is 8.61. The van der Waals surface area contributed by atoms with E-state index < -0.39 is 0 Å². The zero-order chi connectivity index (χ0) is 13.1. The first-order valence-corrected chi connectivity index (χ1v) is 5.58. The van der Waals surface area contributed by atoms with Gasteiger partial charge in [-0.15, -0.1) is 6.58 Å². The summed E-state index contributed by atoms with van der Waals surface area (Å²) in [5, 5.41) is 3.84. The summed E-state index contributed by atoms with van der Waals surface area (Å²) in [7, 11) is 0. The molecule has 0 saturated carbocycles. The molecule has 0 fully saturated rings. The number of aryl methyl sites for hydroxylation is 1. The maximum Gasteiger partial charge on any atom is 0.244 e. The van der Waals surface area contributed by atoms with Gasteiger partial charge >= 0.3 is 0 Å². The predicted octanol–water partition coefficient (Wildman–Crippen LogP) is 2.76. The van der Waals surface area contributed by atoms with E-state index in [0.29, 0.717) is 29.3 Å².